The molecule has 0 N–H and O–H groups in total. The van der Waals surface area contributed by atoms with Crippen LogP contribution in [0.4, 0.5) is 4.39 Å². The maximum Gasteiger partial charge on any atom is 0.123 e. The summed E-state index contributed by atoms with van der Waals surface area (Å²) < 4.78 is 14.5. The van der Waals surface area contributed by atoms with Gasteiger partial charge in [-0.1, -0.05) is 23.9 Å². The van der Waals surface area contributed by atoms with Crippen molar-refractivity contribution in [2.24, 2.45) is 0 Å². The van der Waals surface area contributed by atoms with E-state index in [1.165, 1.54) is 12.1 Å². The molecule has 0 amide bonds. The molecule has 2 aromatic carbocycles. The zero-order valence-corrected chi connectivity index (χ0v) is 9.55. The van der Waals surface area contributed by atoms with Crippen molar-refractivity contribution in [3.05, 3.63) is 66.5 Å². The Labute approximate surface area is 103 Å². The average molecular weight is 239 g/mol. The lowest BCUT2D eigenvalue weighted by Gasteiger charge is -2.06. The Hall–Kier alpha value is -2.49. The van der Waals surface area contributed by atoms with Gasteiger partial charge in [0.25, 0.3) is 0 Å². The van der Waals surface area contributed by atoms with Crippen LogP contribution in [0.5, 0.6) is 0 Å². The number of hydrogen-bond donors (Lipinski definition) is 0. The molecule has 0 spiro atoms. The smallest absolute Gasteiger partial charge is 0.123 e. The third kappa shape index (κ3) is 1.68. The Balaban J connectivity index is 2.09. The van der Waals surface area contributed by atoms with Crippen molar-refractivity contribution >= 4 is 16.7 Å². The highest BCUT2D eigenvalue weighted by Gasteiger charge is 2.08. The first kappa shape index (κ1) is 10.7. The molecule has 0 fully saturated rings. The molecule has 3 rings (SSSR count). The molecule has 3 aromatic rings. The summed E-state index contributed by atoms with van der Waals surface area (Å²) in [6, 6.07) is 13.8. The zero-order valence-electron chi connectivity index (χ0n) is 9.55. The number of fused-ring (bicyclic) bond motifs is 1. The summed E-state index contributed by atoms with van der Waals surface area (Å²) in [5.41, 5.74) is 3.17. The second-order valence-electron chi connectivity index (χ2n) is 3.94. The van der Waals surface area contributed by atoms with E-state index in [1.54, 1.807) is 16.8 Å². The van der Waals surface area contributed by atoms with Crippen molar-refractivity contribution in [2.75, 3.05) is 0 Å². The minimum Gasteiger partial charge on any atom is -0.213 e. The first-order valence-electron chi connectivity index (χ1n) is 5.51. The van der Waals surface area contributed by atoms with Gasteiger partial charge in [0.2, 0.25) is 0 Å². The van der Waals surface area contributed by atoms with E-state index >= 15 is 0 Å². The highest BCUT2D eigenvalue weighted by molar-refractivity contribution is 5.80. The Morgan fingerprint density at radius 3 is 2.56 bits per heavy atom. The van der Waals surface area contributed by atoms with E-state index in [0.717, 1.165) is 16.6 Å². The van der Waals surface area contributed by atoms with Crippen LogP contribution in [0.25, 0.3) is 16.7 Å². The van der Waals surface area contributed by atoms with Gasteiger partial charge in [-0.15, -0.1) is 5.10 Å². The molecular weight excluding hydrogens is 229 g/mol. The fourth-order valence-electron chi connectivity index (χ4n) is 1.83. The molecule has 1 heterocycles. The topological polar surface area (TPSA) is 30.7 Å². The van der Waals surface area contributed by atoms with Gasteiger partial charge in [-0.2, -0.15) is 0 Å². The normalized spacial score (nSPS) is 10.7. The molecule has 0 aliphatic heterocycles. The lowest BCUT2D eigenvalue weighted by molar-refractivity contribution is 0.627. The molecule has 0 atom stereocenters. The summed E-state index contributed by atoms with van der Waals surface area (Å²) in [5.74, 6) is -0.269. The van der Waals surface area contributed by atoms with Crippen LogP contribution in [0.2, 0.25) is 0 Å². The van der Waals surface area contributed by atoms with Crippen molar-refractivity contribution in [2.45, 2.75) is 0 Å². The molecule has 3 nitrogen and oxygen atoms in total. The largest absolute Gasteiger partial charge is 0.213 e. The van der Waals surface area contributed by atoms with Gasteiger partial charge in [-0.3, -0.25) is 0 Å². The van der Waals surface area contributed by atoms with E-state index in [-0.39, 0.29) is 5.82 Å². The standard InChI is InChI=1S/C14H10FN3/c1-10(11-6-8-12(15)9-7-11)18-14-5-3-2-4-13(14)16-17-18/h2-9H,1H2. The average Bonchev–Trinajstić information content (AvgIpc) is 2.82. The lowest BCUT2D eigenvalue weighted by Crippen LogP contribution is -1.99. The van der Waals surface area contributed by atoms with E-state index in [9.17, 15) is 4.39 Å². The van der Waals surface area contributed by atoms with E-state index in [4.69, 9.17) is 0 Å². The highest BCUT2D eigenvalue weighted by atomic mass is 19.1. The van der Waals surface area contributed by atoms with Gasteiger partial charge in [0.1, 0.15) is 11.3 Å². The Kier molecular flexibility index (Phi) is 2.41. The monoisotopic (exact) mass is 239 g/mol. The van der Waals surface area contributed by atoms with Crippen molar-refractivity contribution in [3.63, 3.8) is 0 Å². The van der Waals surface area contributed by atoms with E-state index in [0.29, 0.717) is 5.70 Å². The minimum atomic E-state index is -0.269. The van der Waals surface area contributed by atoms with Gasteiger partial charge in [0, 0.05) is 0 Å². The number of halogens is 1. The Morgan fingerprint density at radius 1 is 1.06 bits per heavy atom. The Morgan fingerprint density at radius 2 is 1.78 bits per heavy atom. The molecule has 0 unspecified atom stereocenters. The molecular formula is C14H10FN3. The number of aromatic nitrogens is 3. The number of rotatable bonds is 2. The quantitative estimate of drug-likeness (QED) is 0.688. The number of hydrogen-bond acceptors (Lipinski definition) is 2. The van der Waals surface area contributed by atoms with Crippen molar-refractivity contribution in [3.8, 4) is 0 Å². The number of benzene rings is 2. The van der Waals surface area contributed by atoms with Gasteiger partial charge >= 0.3 is 0 Å². The van der Waals surface area contributed by atoms with Crippen LogP contribution in [0.1, 0.15) is 5.56 Å². The molecule has 1 aromatic heterocycles. The van der Waals surface area contributed by atoms with Crippen LogP contribution >= 0.6 is 0 Å². The van der Waals surface area contributed by atoms with Crippen molar-refractivity contribution in [1.82, 2.24) is 15.0 Å². The first-order chi connectivity index (χ1) is 8.75. The number of para-hydroxylation sites is 1. The minimum absolute atomic E-state index is 0.269. The van der Waals surface area contributed by atoms with Crippen LogP contribution in [0, 0.1) is 5.82 Å². The maximum atomic E-state index is 12.9. The fourth-order valence-corrected chi connectivity index (χ4v) is 1.83. The lowest BCUT2D eigenvalue weighted by atomic mass is 10.1. The van der Waals surface area contributed by atoms with Crippen LogP contribution in [0.15, 0.2) is 55.1 Å². The molecule has 18 heavy (non-hydrogen) atoms. The second-order valence-corrected chi connectivity index (χ2v) is 3.94. The SMILES string of the molecule is C=C(c1ccc(F)cc1)n1nnc2ccccc21. The summed E-state index contributed by atoms with van der Waals surface area (Å²) >= 11 is 0. The summed E-state index contributed by atoms with van der Waals surface area (Å²) in [6.07, 6.45) is 0. The second kappa shape index (κ2) is 4.07. The van der Waals surface area contributed by atoms with Crippen molar-refractivity contribution in [1.29, 1.82) is 0 Å². The third-order valence-electron chi connectivity index (χ3n) is 2.78. The summed E-state index contributed by atoms with van der Waals surface area (Å²) in [4.78, 5) is 0. The molecule has 0 saturated carbocycles. The summed E-state index contributed by atoms with van der Waals surface area (Å²) in [7, 11) is 0. The van der Waals surface area contributed by atoms with Crippen molar-refractivity contribution < 1.29 is 4.39 Å². The zero-order chi connectivity index (χ0) is 12.5. The molecule has 88 valence electrons. The maximum absolute atomic E-state index is 12.9. The van der Waals surface area contributed by atoms with Crippen LogP contribution in [-0.4, -0.2) is 15.0 Å². The van der Waals surface area contributed by atoms with Crippen LogP contribution in [-0.2, 0) is 0 Å². The van der Waals surface area contributed by atoms with Gasteiger partial charge < -0.3 is 0 Å². The third-order valence-corrected chi connectivity index (χ3v) is 2.78. The van der Waals surface area contributed by atoms with E-state index in [2.05, 4.69) is 16.9 Å². The van der Waals surface area contributed by atoms with Gasteiger partial charge in [0.05, 0.1) is 11.2 Å². The molecule has 0 aliphatic rings. The van der Waals surface area contributed by atoms with Gasteiger partial charge in [-0.05, 0) is 42.0 Å². The van der Waals surface area contributed by atoms with E-state index in [1.807, 2.05) is 24.3 Å². The summed E-state index contributed by atoms with van der Waals surface area (Å²) in [5, 5.41) is 8.13. The van der Waals surface area contributed by atoms with E-state index < -0.39 is 0 Å². The fraction of sp³-hybridized carbons (Fsp3) is 0. The first-order valence-corrected chi connectivity index (χ1v) is 5.51. The molecule has 0 bridgehead atoms. The molecule has 0 saturated heterocycles. The molecule has 0 radical (unpaired) electrons. The Bertz CT molecular complexity index is 713. The molecule has 0 aliphatic carbocycles. The van der Waals surface area contributed by atoms with Gasteiger partial charge in [0.15, 0.2) is 0 Å². The number of nitrogens with zero attached hydrogens (tertiary/aromatic N) is 3. The molecule has 4 heteroatoms. The summed E-state index contributed by atoms with van der Waals surface area (Å²) in [6.45, 7) is 3.99. The predicted molar refractivity (Wildman–Crippen MR) is 68.4 cm³/mol. The van der Waals surface area contributed by atoms with Crippen LogP contribution in [0.3, 0.4) is 0 Å². The van der Waals surface area contributed by atoms with Gasteiger partial charge in [-0.25, -0.2) is 9.07 Å². The predicted octanol–water partition coefficient (Wildman–Crippen LogP) is 3.09. The van der Waals surface area contributed by atoms with Crippen LogP contribution < -0.4 is 0 Å². The highest BCUT2D eigenvalue weighted by Crippen LogP contribution is 2.19.